The van der Waals surface area contributed by atoms with E-state index >= 15 is 0 Å². The maximum absolute atomic E-state index is 9.29. The SMILES string of the molecule is OCC(O)CNc1ccnc2cc(Cl)ccc12. The van der Waals surface area contributed by atoms with Crippen molar-refractivity contribution in [2.75, 3.05) is 18.5 Å². The zero-order chi connectivity index (χ0) is 12.3. The van der Waals surface area contributed by atoms with Gasteiger partial charge in [0.05, 0.1) is 18.2 Å². The highest BCUT2D eigenvalue weighted by atomic mass is 35.5. The van der Waals surface area contributed by atoms with Gasteiger partial charge in [-0.15, -0.1) is 0 Å². The molecule has 2 rings (SSSR count). The standard InChI is InChI=1S/C12H13ClN2O2/c13-8-1-2-10-11(15-6-9(17)7-16)3-4-14-12(10)5-8/h1-5,9,16-17H,6-7H2,(H,14,15). The van der Waals surface area contributed by atoms with E-state index in [1.807, 2.05) is 12.1 Å². The normalized spacial score (nSPS) is 12.6. The lowest BCUT2D eigenvalue weighted by Gasteiger charge is -2.12. The number of nitrogens with one attached hydrogen (secondary N) is 1. The quantitative estimate of drug-likeness (QED) is 0.774. The monoisotopic (exact) mass is 252 g/mol. The second-order valence-corrected chi connectivity index (χ2v) is 4.17. The highest BCUT2D eigenvalue weighted by Crippen LogP contribution is 2.24. The third-order valence-corrected chi connectivity index (χ3v) is 2.68. The minimum Gasteiger partial charge on any atom is -0.394 e. The Balaban J connectivity index is 2.28. The minimum atomic E-state index is -0.773. The summed E-state index contributed by atoms with van der Waals surface area (Å²) in [5.74, 6) is 0. The fourth-order valence-electron chi connectivity index (χ4n) is 1.57. The number of hydrogen-bond donors (Lipinski definition) is 3. The second-order valence-electron chi connectivity index (χ2n) is 3.74. The number of rotatable bonds is 4. The van der Waals surface area contributed by atoms with Crippen LogP contribution in [-0.2, 0) is 0 Å². The Bertz CT molecular complexity index is 519. The van der Waals surface area contributed by atoms with Crippen LogP contribution in [0.3, 0.4) is 0 Å². The molecule has 1 aromatic carbocycles. The number of hydrogen-bond acceptors (Lipinski definition) is 4. The Hall–Kier alpha value is -1.36. The number of fused-ring (bicyclic) bond motifs is 1. The van der Waals surface area contributed by atoms with Gasteiger partial charge in [0.15, 0.2) is 0 Å². The van der Waals surface area contributed by atoms with Gasteiger partial charge in [0.1, 0.15) is 0 Å². The maximum atomic E-state index is 9.29. The molecule has 2 aromatic rings. The molecule has 0 amide bonds. The first kappa shape index (κ1) is 12.1. The molecule has 0 fully saturated rings. The summed E-state index contributed by atoms with van der Waals surface area (Å²) in [7, 11) is 0. The molecule has 0 aliphatic rings. The number of aromatic nitrogens is 1. The van der Waals surface area contributed by atoms with Gasteiger partial charge in [-0.05, 0) is 24.3 Å². The molecule has 4 nitrogen and oxygen atoms in total. The largest absolute Gasteiger partial charge is 0.394 e. The molecule has 1 atom stereocenters. The van der Waals surface area contributed by atoms with Crippen molar-refractivity contribution in [1.82, 2.24) is 4.98 Å². The average molecular weight is 253 g/mol. The van der Waals surface area contributed by atoms with Crippen LogP contribution in [0.2, 0.25) is 5.02 Å². The van der Waals surface area contributed by atoms with E-state index < -0.39 is 6.10 Å². The Morgan fingerprint density at radius 3 is 2.94 bits per heavy atom. The van der Waals surface area contributed by atoms with E-state index in [0.717, 1.165) is 16.6 Å². The lowest BCUT2D eigenvalue weighted by molar-refractivity contribution is 0.105. The van der Waals surface area contributed by atoms with Crippen molar-refractivity contribution in [3.8, 4) is 0 Å². The number of pyridine rings is 1. The van der Waals surface area contributed by atoms with Crippen molar-refractivity contribution in [3.63, 3.8) is 0 Å². The van der Waals surface area contributed by atoms with Crippen LogP contribution in [0.1, 0.15) is 0 Å². The molecule has 0 bridgehead atoms. The minimum absolute atomic E-state index is 0.262. The number of benzene rings is 1. The van der Waals surface area contributed by atoms with Gasteiger partial charge in [0.25, 0.3) is 0 Å². The molecule has 0 saturated carbocycles. The van der Waals surface area contributed by atoms with Crippen molar-refractivity contribution in [3.05, 3.63) is 35.5 Å². The zero-order valence-corrected chi connectivity index (χ0v) is 9.85. The smallest absolute Gasteiger partial charge is 0.0942 e. The van der Waals surface area contributed by atoms with Crippen molar-refractivity contribution in [1.29, 1.82) is 0 Å². The van der Waals surface area contributed by atoms with Crippen LogP contribution in [0.15, 0.2) is 30.5 Å². The summed E-state index contributed by atoms with van der Waals surface area (Å²) in [6, 6.07) is 7.27. The van der Waals surface area contributed by atoms with E-state index in [4.69, 9.17) is 16.7 Å². The summed E-state index contributed by atoms with van der Waals surface area (Å²) in [6.07, 6.45) is 0.900. The number of aliphatic hydroxyl groups excluding tert-OH is 2. The van der Waals surface area contributed by atoms with Crippen LogP contribution in [-0.4, -0.2) is 34.5 Å². The molecule has 3 N–H and O–H groups in total. The van der Waals surface area contributed by atoms with Crippen LogP contribution in [0, 0.1) is 0 Å². The summed E-state index contributed by atoms with van der Waals surface area (Å²) in [6.45, 7) is 0.0279. The topological polar surface area (TPSA) is 65.4 Å². The predicted molar refractivity (Wildman–Crippen MR) is 68.3 cm³/mol. The van der Waals surface area contributed by atoms with Crippen LogP contribution in [0.4, 0.5) is 5.69 Å². The van der Waals surface area contributed by atoms with Gasteiger partial charge in [-0.25, -0.2) is 0 Å². The Labute approximate surface area is 104 Å². The van der Waals surface area contributed by atoms with E-state index in [0.29, 0.717) is 5.02 Å². The Kier molecular flexibility index (Phi) is 3.78. The van der Waals surface area contributed by atoms with Crippen LogP contribution in [0.5, 0.6) is 0 Å². The summed E-state index contributed by atoms with van der Waals surface area (Å²) in [4.78, 5) is 4.21. The number of nitrogens with zero attached hydrogens (tertiary/aromatic N) is 1. The number of anilines is 1. The molecule has 0 saturated heterocycles. The van der Waals surface area contributed by atoms with Crippen LogP contribution >= 0.6 is 11.6 Å². The first-order valence-electron chi connectivity index (χ1n) is 5.28. The lowest BCUT2D eigenvalue weighted by Crippen LogP contribution is -2.23. The molecule has 17 heavy (non-hydrogen) atoms. The molecule has 1 unspecified atom stereocenters. The van der Waals surface area contributed by atoms with Gasteiger partial charge in [0.2, 0.25) is 0 Å². The van der Waals surface area contributed by atoms with Crippen molar-refractivity contribution in [2.24, 2.45) is 0 Å². The van der Waals surface area contributed by atoms with Crippen molar-refractivity contribution >= 4 is 28.2 Å². The predicted octanol–water partition coefficient (Wildman–Crippen LogP) is 1.65. The van der Waals surface area contributed by atoms with Crippen LogP contribution < -0.4 is 5.32 Å². The van der Waals surface area contributed by atoms with E-state index in [2.05, 4.69) is 10.3 Å². The first-order valence-corrected chi connectivity index (χ1v) is 5.65. The summed E-state index contributed by atoms with van der Waals surface area (Å²) in [5.41, 5.74) is 1.65. The Morgan fingerprint density at radius 1 is 1.35 bits per heavy atom. The van der Waals surface area contributed by atoms with E-state index in [1.165, 1.54) is 0 Å². The third-order valence-electron chi connectivity index (χ3n) is 2.44. The molecule has 1 aromatic heterocycles. The van der Waals surface area contributed by atoms with Gasteiger partial charge in [-0.3, -0.25) is 4.98 Å². The van der Waals surface area contributed by atoms with Crippen molar-refractivity contribution < 1.29 is 10.2 Å². The van der Waals surface area contributed by atoms with E-state index in [-0.39, 0.29) is 13.2 Å². The van der Waals surface area contributed by atoms with Gasteiger partial charge < -0.3 is 15.5 Å². The van der Waals surface area contributed by atoms with Gasteiger partial charge in [0, 0.05) is 28.8 Å². The first-order chi connectivity index (χ1) is 8.20. The fourth-order valence-corrected chi connectivity index (χ4v) is 1.73. The number of halogens is 1. The summed E-state index contributed by atoms with van der Waals surface area (Å²) >= 11 is 5.89. The molecular formula is C12H13ClN2O2. The highest BCUT2D eigenvalue weighted by molar-refractivity contribution is 6.31. The molecule has 0 spiro atoms. The summed E-state index contributed by atoms with van der Waals surface area (Å²) < 4.78 is 0. The average Bonchev–Trinajstić information content (AvgIpc) is 2.35. The molecule has 5 heteroatoms. The highest BCUT2D eigenvalue weighted by Gasteiger charge is 2.05. The maximum Gasteiger partial charge on any atom is 0.0942 e. The number of aliphatic hydroxyl groups is 2. The van der Waals surface area contributed by atoms with E-state index in [9.17, 15) is 5.11 Å². The molecular weight excluding hydrogens is 240 g/mol. The van der Waals surface area contributed by atoms with Gasteiger partial charge in [-0.2, -0.15) is 0 Å². The zero-order valence-electron chi connectivity index (χ0n) is 9.10. The van der Waals surface area contributed by atoms with Crippen molar-refractivity contribution in [2.45, 2.75) is 6.10 Å². The van der Waals surface area contributed by atoms with Gasteiger partial charge in [-0.1, -0.05) is 11.6 Å². The molecule has 0 radical (unpaired) electrons. The summed E-state index contributed by atoms with van der Waals surface area (Å²) in [5, 5.41) is 22.7. The van der Waals surface area contributed by atoms with Gasteiger partial charge >= 0.3 is 0 Å². The van der Waals surface area contributed by atoms with E-state index in [1.54, 1.807) is 18.3 Å². The molecule has 0 aliphatic heterocycles. The second kappa shape index (κ2) is 5.31. The Morgan fingerprint density at radius 2 is 2.18 bits per heavy atom. The van der Waals surface area contributed by atoms with Crippen LogP contribution in [0.25, 0.3) is 10.9 Å². The molecule has 0 aliphatic carbocycles. The molecule has 1 heterocycles. The third kappa shape index (κ3) is 2.85. The fraction of sp³-hybridized carbons (Fsp3) is 0.250. The lowest BCUT2D eigenvalue weighted by atomic mass is 10.2. The molecule has 90 valence electrons.